The van der Waals surface area contributed by atoms with Gasteiger partial charge in [0, 0.05) is 25.3 Å². The molecule has 2 heterocycles. The van der Waals surface area contributed by atoms with Gasteiger partial charge in [-0.2, -0.15) is 0 Å². The van der Waals surface area contributed by atoms with Gasteiger partial charge in [0.1, 0.15) is 11.0 Å². The first kappa shape index (κ1) is 16.0. The summed E-state index contributed by atoms with van der Waals surface area (Å²) >= 11 is 5.96. The van der Waals surface area contributed by atoms with E-state index in [4.69, 9.17) is 16.3 Å². The van der Waals surface area contributed by atoms with Crippen molar-refractivity contribution >= 4 is 23.3 Å². The van der Waals surface area contributed by atoms with Crippen molar-refractivity contribution in [3.8, 4) is 0 Å². The Hall–Kier alpha value is -1.33. The maximum absolute atomic E-state index is 12.1. The second-order valence-corrected chi connectivity index (χ2v) is 5.56. The van der Waals surface area contributed by atoms with Gasteiger partial charge in [0.2, 0.25) is 0 Å². The molecule has 1 unspecified atom stereocenters. The predicted octanol–water partition coefficient (Wildman–Crippen LogP) is 2.86. The number of carbonyl (C=O) groups is 1. The minimum atomic E-state index is -0.128. The Balaban J connectivity index is 1.86. The van der Waals surface area contributed by atoms with E-state index in [-0.39, 0.29) is 12.0 Å². The molecule has 2 N–H and O–H groups in total. The van der Waals surface area contributed by atoms with E-state index in [0.717, 1.165) is 38.8 Å². The molecule has 0 radical (unpaired) electrons. The Labute approximate surface area is 130 Å². The number of carbonyl (C=O) groups excluding carboxylic acids is 1. The summed E-state index contributed by atoms with van der Waals surface area (Å²) in [7, 11) is 0. The van der Waals surface area contributed by atoms with Crippen molar-refractivity contribution in [3.05, 3.63) is 22.8 Å². The van der Waals surface area contributed by atoms with Gasteiger partial charge < -0.3 is 15.4 Å². The maximum Gasteiger partial charge on any atom is 0.251 e. The van der Waals surface area contributed by atoms with Gasteiger partial charge in [-0.1, -0.05) is 18.5 Å². The second-order valence-electron chi connectivity index (χ2n) is 5.17. The highest BCUT2D eigenvalue weighted by Gasteiger charge is 2.15. The summed E-state index contributed by atoms with van der Waals surface area (Å²) in [5.74, 6) is 0.505. The van der Waals surface area contributed by atoms with Crippen molar-refractivity contribution in [1.82, 2.24) is 10.3 Å². The van der Waals surface area contributed by atoms with Gasteiger partial charge in [0.15, 0.2) is 0 Å². The topological polar surface area (TPSA) is 63.2 Å². The van der Waals surface area contributed by atoms with E-state index in [2.05, 4.69) is 22.5 Å². The molecular weight excluding hydrogens is 290 g/mol. The molecule has 2 rings (SSSR count). The van der Waals surface area contributed by atoms with E-state index in [1.165, 1.54) is 0 Å². The number of ether oxygens (including phenoxy) is 1. The molecule has 0 aromatic carbocycles. The fourth-order valence-electron chi connectivity index (χ4n) is 2.29. The van der Waals surface area contributed by atoms with Crippen LogP contribution in [-0.2, 0) is 4.74 Å². The zero-order chi connectivity index (χ0) is 15.1. The van der Waals surface area contributed by atoms with Gasteiger partial charge in [-0.05, 0) is 37.8 Å². The molecule has 6 heteroatoms. The van der Waals surface area contributed by atoms with E-state index in [0.29, 0.717) is 23.1 Å². The number of pyridine rings is 1. The SMILES string of the molecule is CCCNc1cc(C(=O)NCCC2CCCO2)cc(Cl)n1. The van der Waals surface area contributed by atoms with Crippen LogP contribution in [0, 0.1) is 0 Å². The van der Waals surface area contributed by atoms with Crippen molar-refractivity contribution in [2.24, 2.45) is 0 Å². The number of rotatable bonds is 7. The minimum absolute atomic E-state index is 0.128. The number of anilines is 1. The van der Waals surface area contributed by atoms with E-state index >= 15 is 0 Å². The molecule has 1 aliphatic heterocycles. The second kappa shape index (κ2) is 8.20. The summed E-state index contributed by atoms with van der Waals surface area (Å²) in [6.07, 6.45) is 4.32. The summed E-state index contributed by atoms with van der Waals surface area (Å²) in [4.78, 5) is 16.3. The molecule has 1 aromatic heterocycles. The van der Waals surface area contributed by atoms with Crippen molar-refractivity contribution in [2.75, 3.05) is 25.0 Å². The molecule has 1 amide bonds. The molecule has 5 nitrogen and oxygen atoms in total. The van der Waals surface area contributed by atoms with E-state index in [1.807, 2.05) is 0 Å². The first-order valence-corrected chi connectivity index (χ1v) is 7.88. The standard InChI is InChI=1S/C15H22ClN3O2/c1-2-6-17-14-10-11(9-13(16)19-14)15(20)18-7-5-12-4-3-8-21-12/h9-10,12H,2-8H2,1H3,(H,17,19)(H,18,20). The maximum atomic E-state index is 12.1. The van der Waals surface area contributed by atoms with E-state index < -0.39 is 0 Å². The number of halogens is 1. The van der Waals surface area contributed by atoms with Crippen molar-refractivity contribution in [1.29, 1.82) is 0 Å². The Morgan fingerprint density at radius 2 is 2.33 bits per heavy atom. The normalized spacial score (nSPS) is 17.7. The first-order valence-electron chi connectivity index (χ1n) is 7.50. The van der Waals surface area contributed by atoms with Gasteiger partial charge in [0.25, 0.3) is 5.91 Å². The lowest BCUT2D eigenvalue weighted by atomic mass is 10.2. The fraction of sp³-hybridized carbons (Fsp3) is 0.600. The molecule has 0 saturated carbocycles. The van der Waals surface area contributed by atoms with Crippen LogP contribution in [0.2, 0.25) is 5.15 Å². The Bertz CT molecular complexity index is 476. The summed E-state index contributed by atoms with van der Waals surface area (Å²) in [5.41, 5.74) is 0.529. The molecule has 0 aliphatic carbocycles. The van der Waals surface area contributed by atoms with Crippen molar-refractivity contribution < 1.29 is 9.53 Å². The van der Waals surface area contributed by atoms with Crippen LogP contribution < -0.4 is 10.6 Å². The van der Waals surface area contributed by atoms with Crippen LogP contribution in [0.15, 0.2) is 12.1 Å². The number of amides is 1. The van der Waals surface area contributed by atoms with Gasteiger partial charge in [-0.15, -0.1) is 0 Å². The predicted molar refractivity (Wildman–Crippen MR) is 84.0 cm³/mol. The number of aromatic nitrogens is 1. The fourth-order valence-corrected chi connectivity index (χ4v) is 2.50. The first-order chi connectivity index (χ1) is 10.2. The van der Waals surface area contributed by atoms with Gasteiger partial charge >= 0.3 is 0 Å². The largest absolute Gasteiger partial charge is 0.378 e. The molecule has 1 aromatic rings. The van der Waals surface area contributed by atoms with Crippen LogP contribution in [0.3, 0.4) is 0 Å². The van der Waals surface area contributed by atoms with Gasteiger partial charge in [-0.3, -0.25) is 4.79 Å². The zero-order valence-corrected chi connectivity index (χ0v) is 13.1. The lowest BCUT2D eigenvalue weighted by Crippen LogP contribution is -2.27. The third-order valence-corrected chi connectivity index (χ3v) is 3.58. The zero-order valence-electron chi connectivity index (χ0n) is 12.3. The average molecular weight is 312 g/mol. The van der Waals surface area contributed by atoms with Crippen LogP contribution >= 0.6 is 11.6 Å². The van der Waals surface area contributed by atoms with Crippen molar-refractivity contribution in [3.63, 3.8) is 0 Å². The molecule has 1 fully saturated rings. The van der Waals surface area contributed by atoms with Gasteiger partial charge in [-0.25, -0.2) is 4.98 Å². The Morgan fingerprint density at radius 1 is 1.48 bits per heavy atom. The van der Waals surface area contributed by atoms with Crippen LogP contribution in [0.5, 0.6) is 0 Å². The quantitative estimate of drug-likeness (QED) is 0.760. The number of hydrogen-bond donors (Lipinski definition) is 2. The molecule has 1 saturated heterocycles. The lowest BCUT2D eigenvalue weighted by Gasteiger charge is -2.11. The van der Waals surface area contributed by atoms with Crippen LogP contribution in [0.25, 0.3) is 0 Å². The smallest absolute Gasteiger partial charge is 0.251 e. The van der Waals surface area contributed by atoms with Gasteiger partial charge in [0.05, 0.1) is 6.10 Å². The number of hydrogen-bond acceptors (Lipinski definition) is 4. The Morgan fingerprint density at radius 3 is 3.05 bits per heavy atom. The minimum Gasteiger partial charge on any atom is -0.378 e. The van der Waals surface area contributed by atoms with E-state index in [9.17, 15) is 4.79 Å². The summed E-state index contributed by atoms with van der Waals surface area (Å²) in [6.45, 7) is 4.32. The molecular formula is C15H22ClN3O2. The van der Waals surface area contributed by atoms with Crippen LogP contribution in [0.4, 0.5) is 5.82 Å². The molecule has 1 aliphatic rings. The monoisotopic (exact) mass is 311 g/mol. The Kier molecular flexibility index (Phi) is 6.26. The highest BCUT2D eigenvalue weighted by Crippen LogP contribution is 2.16. The van der Waals surface area contributed by atoms with Crippen LogP contribution in [0.1, 0.15) is 43.0 Å². The number of nitrogens with zero attached hydrogens (tertiary/aromatic N) is 1. The van der Waals surface area contributed by atoms with Crippen LogP contribution in [-0.4, -0.2) is 36.7 Å². The summed E-state index contributed by atoms with van der Waals surface area (Å²) < 4.78 is 5.53. The highest BCUT2D eigenvalue weighted by atomic mass is 35.5. The lowest BCUT2D eigenvalue weighted by molar-refractivity contribution is 0.0907. The number of nitrogens with one attached hydrogen (secondary N) is 2. The third-order valence-electron chi connectivity index (χ3n) is 3.39. The van der Waals surface area contributed by atoms with Crippen molar-refractivity contribution in [2.45, 2.75) is 38.7 Å². The molecule has 0 bridgehead atoms. The molecule has 116 valence electrons. The summed E-state index contributed by atoms with van der Waals surface area (Å²) in [6, 6.07) is 3.31. The highest BCUT2D eigenvalue weighted by molar-refractivity contribution is 6.29. The van der Waals surface area contributed by atoms with E-state index in [1.54, 1.807) is 12.1 Å². The summed E-state index contributed by atoms with van der Waals surface area (Å²) in [5, 5.41) is 6.36. The average Bonchev–Trinajstić information content (AvgIpc) is 2.97. The third kappa shape index (κ3) is 5.17. The molecule has 1 atom stereocenters. The molecule has 21 heavy (non-hydrogen) atoms. The molecule has 0 spiro atoms.